The van der Waals surface area contributed by atoms with Crippen LogP contribution in [0.2, 0.25) is 5.28 Å². The summed E-state index contributed by atoms with van der Waals surface area (Å²) in [7, 11) is -4.30. The average molecular weight is 536 g/mol. The fraction of sp³-hybridized carbons (Fsp3) is 0.421. The first-order chi connectivity index (χ1) is 15.5. The van der Waals surface area contributed by atoms with Gasteiger partial charge in [0.2, 0.25) is 5.28 Å². The Kier molecular flexibility index (Phi) is 8.21. The maximum absolute atomic E-state index is 13.2. The molecule has 4 rings (SSSR count). The first-order valence-electron chi connectivity index (χ1n) is 10.0. The van der Waals surface area contributed by atoms with Crippen molar-refractivity contribution in [3.05, 3.63) is 47.3 Å². The molecule has 1 aliphatic rings. The minimum Gasteiger partial charge on any atom is -0.388 e. The Morgan fingerprint density at radius 3 is 2.56 bits per heavy atom. The summed E-state index contributed by atoms with van der Waals surface area (Å²) < 4.78 is 31.5. The molecular weight excluding hydrogens is 512 g/mol. The van der Waals surface area contributed by atoms with Gasteiger partial charge in [0.1, 0.15) is 18.0 Å². The van der Waals surface area contributed by atoms with Crippen LogP contribution < -0.4 is 5.32 Å². The number of ether oxygens (including phenoxy) is 1. The Balaban J connectivity index is 0.00000324. The molecule has 5 N–H and O–H groups in total. The molecule has 11 nitrogen and oxygen atoms in total. The van der Waals surface area contributed by atoms with E-state index in [-0.39, 0.29) is 42.7 Å². The molecule has 0 saturated carbocycles. The summed E-state index contributed by atoms with van der Waals surface area (Å²) in [4.78, 5) is 30.8. The average Bonchev–Trinajstić information content (AvgIpc) is 3.27. The summed E-state index contributed by atoms with van der Waals surface area (Å²) in [5, 5.41) is 23.9. The van der Waals surface area contributed by atoms with Crippen molar-refractivity contribution < 1.29 is 33.7 Å². The minimum atomic E-state index is -4.30. The molecule has 15 heteroatoms. The Labute approximate surface area is 205 Å². The van der Waals surface area contributed by atoms with Crippen molar-refractivity contribution in [3.63, 3.8) is 0 Å². The molecule has 5 atom stereocenters. The standard InChI is InChI=1S/C19H22ClFN5O6P.H2S/c1-9(10-2-4-11(21)5-3-10)23-16-13-17(25-19(20)24-16)26(8-22-13)18-15(28)14(27)12(32-18)6-7-33(29,30)31;/h2-5,8-9,12,14-15,18,27-28H,6-7H2,1H3,(H,23,24,25)(H2,29,30,31);1H2/t9-,12+,14?,15-,18+;/m0./s1. The van der Waals surface area contributed by atoms with Crippen molar-refractivity contribution in [3.8, 4) is 0 Å². The van der Waals surface area contributed by atoms with E-state index in [1.807, 2.05) is 6.92 Å². The van der Waals surface area contributed by atoms with Gasteiger partial charge in [0.15, 0.2) is 23.2 Å². The van der Waals surface area contributed by atoms with Crippen LogP contribution in [-0.2, 0) is 9.30 Å². The summed E-state index contributed by atoms with van der Waals surface area (Å²) in [6, 6.07) is 5.67. The second-order valence-corrected chi connectivity index (χ2v) is 9.92. The van der Waals surface area contributed by atoms with Crippen LogP contribution in [0.25, 0.3) is 11.2 Å². The molecule has 1 aliphatic heterocycles. The number of benzene rings is 1. The lowest BCUT2D eigenvalue weighted by Gasteiger charge is -2.18. The van der Waals surface area contributed by atoms with Crippen molar-refractivity contribution >= 4 is 49.7 Å². The number of hydrogen-bond acceptors (Lipinski definition) is 8. The summed E-state index contributed by atoms with van der Waals surface area (Å²) in [6.07, 6.45) is -4.18. The highest BCUT2D eigenvalue weighted by atomic mass is 35.5. The molecule has 1 unspecified atom stereocenters. The van der Waals surface area contributed by atoms with Gasteiger partial charge in [-0.2, -0.15) is 23.5 Å². The van der Waals surface area contributed by atoms with Gasteiger partial charge in [0.25, 0.3) is 0 Å². The summed E-state index contributed by atoms with van der Waals surface area (Å²) >= 11 is 6.11. The van der Waals surface area contributed by atoms with E-state index in [2.05, 4.69) is 20.3 Å². The van der Waals surface area contributed by atoms with Crippen LogP contribution in [0.15, 0.2) is 30.6 Å². The molecule has 1 aromatic carbocycles. The fourth-order valence-corrected chi connectivity index (χ4v) is 4.47. The third-order valence-electron chi connectivity index (χ3n) is 5.43. The van der Waals surface area contributed by atoms with Gasteiger partial charge in [-0.3, -0.25) is 9.13 Å². The number of aliphatic hydroxyl groups excluding tert-OH is 2. The zero-order chi connectivity index (χ0) is 23.9. The number of imidazole rings is 1. The molecule has 3 aromatic rings. The number of aliphatic hydroxyl groups is 2. The molecular formula is C19H24ClFN5O6PS. The van der Waals surface area contributed by atoms with E-state index in [0.29, 0.717) is 11.3 Å². The Morgan fingerprint density at radius 1 is 1.24 bits per heavy atom. The van der Waals surface area contributed by atoms with Crippen LogP contribution in [0.4, 0.5) is 10.2 Å². The van der Waals surface area contributed by atoms with Crippen LogP contribution in [0.3, 0.4) is 0 Å². The predicted octanol–water partition coefficient (Wildman–Crippen LogP) is 2.09. The third kappa shape index (κ3) is 5.69. The number of hydrogen-bond donors (Lipinski definition) is 5. The molecule has 34 heavy (non-hydrogen) atoms. The van der Waals surface area contributed by atoms with E-state index in [0.717, 1.165) is 5.56 Å². The van der Waals surface area contributed by atoms with Gasteiger partial charge < -0.3 is 30.1 Å². The lowest BCUT2D eigenvalue weighted by molar-refractivity contribution is -0.0355. The van der Waals surface area contributed by atoms with E-state index in [1.165, 1.54) is 23.0 Å². The topological polar surface area (TPSA) is 163 Å². The van der Waals surface area contributed by atoms with Gasteiger partial charge in [-0.05, 0) is 42.6 Å². The molecule has 186 valence electrons. The quantitative estimate of drug-likeness (QED) is 0.223. The number of rotatable bonds is 7. The molecule has 1 fully saturated rings. The monoisotopic (exact) mass is 535 g/mol. The normalized spacial score (nSPS) is 23.6. The molecule has 0 bridgehead atoms. The van der Waals surface area contributed by atoms with Crippen molar-refractivity contribution in [2.45, 2.75) is 43.9 Å². The van der Waals surface area contributed by atoms with E-state index >= 15 is 0 Å². The molecule has 0 spiro atoms. The number of nitrogens with zero attached hydrogens (tertiary/aromatic N) is 4. The van der Waals surface area contributed by atoms with Crippen molar-refractivity contribution in [1.82, 2.24) is 19.5 Å². The summed E-state index contributed by atoms with van der Waals surface area (Å²) in [5.41, 5.74) is 1.33. The van der Waals surface area contributed by atoms with Crippen molar-refractivity contribution in [2.75, 3.05) is 11.5 Å². The van der Waals surface area contributed by atoms with Gasteiger partial charge in [0.05, 0.1) is 24.6 Å². The number of aromatic nitrogens is 4. The maximum Gasteiger partial charge on any atom is 0.325 e. The lowest BCUT2D eigenvalue weighted by Crippen LogP contribution is -2.31. The number of fused-ring (bicyclic) bond motifs is 1. The first-order valence-corrected chi connectivity index (χ1v) is 12.2. The minimum absolute atomic E-state index is 0. The fourth-order valence-electron chi connectivity index (χ4n) is 3.71. The van der Waals surface area contributed by atoms with Crippen LogP contribution in [-0.4, -0.2) is 64.0 Å². The first kappa shape index (κ1) is 26.8. The Bertz CT molecular complexity index is 1200. The predicted molar refractivity (Wildman–Crippen MR) is 127 cm³/mol. The van der Waals surface area contributed by atoms with Gasteiger partial charge in [-0.25, -0.2) is 9.37 Å². The summed E-state index contributed by atoms with van der Waals surface area (Å²) in [5.74, 6) is -0.0553. The SMILES string of the molecule is C[C@H](Nc1nc(Cl)nc2c1ncn2[C@@H]1O[C@H](CCP(=O)(O)O)C(O)[C@@H]1O)c1ccc(F)cc1.S. The lowest BCUT2D eigenvalue weighted by atomic mass is 10.1. The molecule has 2 aromatic heterocycles. The van der Waals surface area contributed by atoms with Crippen LogP contribution in [0.1, 0.15) is 31.2 Å². The van der Waals surface area contributed by atoms with E-state index in [9.17, 15) is 19.2 Å². The highest BCUT2D eigenvalue weighted by molar-refractivity contribution is 7.59. The molecule has 1 saturated heterocycles. The van der Waals surface area contributed by atoms with Crippen molar-refractivity contribution in [1.29, 1.82) is 0 Å². The van der Waals surface area contributed by atoms with E-state index in [4.69, 9.17) is 26.1 Å². The highest BCUT2D eigenvalue weighted by Crippen LogP contribution is 2.40. The zero-order valence-corrected chi connectivity index (χ0v) is 20.4. The van der Waals surface area contributed by atoms with Crippen molar-refractivity contribution in [2.24, 2.45) is 0 Å². The van der Waals surface area contributed by atoms with Gasteiger partial charge >= 0.3 is 7.60 Å². The van der Waals surface area contributed by atoms with Crippen LogP contribution in [0, 0.1) is 5.82 Å². The third-order valence-corrected chi connectivity index (χ3v) is 6.44. The second kappa shape index (κ2) is 10.4. The number of anilines is 1. The Hall–Kier alpha value is -1.83. The molecule has 0 radical (unpaired) electrons. The Morgan fingerprint density at radius 2 is 1.91 bits per heavy atom. The molecule has 3 heterocycles. The highest BCUT2D eigenvalue weighted by Gasteiger charge is 2.44. The van der Waals surface area contributed by atoms with Gasteiger partial charge in [-0.1, -0.05) is 12.1 Å². The summed E-state index contributed by atoms with van der Waals surface area (Å²) in [6.45, 7) is 1.85. The zero-order valence-electron chi connectivity index (χ0n) is 17.8. The molecule has 0 aliphatic carbocycles. The second-order valence-electron chi connectivity index (χ2n) is 7.81. The maximum atomic E-state index is 13.2. The smallest absolute Gasteiger partial charge is 0.325 e. The van der Waals surface area contributed by atoms with E-state index < -0.39 is 38.3 Å². The number of nitrogens with one attached hydrogen (secondary N) is 1. The number of halogens is 2. The van der Waals surface area contributed by atoms with Gasteiger partial charge in [-0.15, -0.1) is 0 Å². The van der Waals surface area contributed by atoms with E-state index in [1.54, 1.807) is 12.1 Å². The molecule has 0 amide bonds. The van der Waals surface area contributed by atoms with Crippen LogP contribution >= 0.6 is 32.7 Å². The van der Waals surface area contributed by atoms with Crippen LogP contribution in [0.5, 0.6) is 0 Å². The van der Waals surface area contributed by atoms with Gasteiger partial charge in [0, 0.05) is 0 Å². The largest absolute Gasteiger partial charge is 0.388 e.